The highest BCUT2D eigenvalue weighted by atomic mass is 32.2. The minimum absolute atomic E-state index is 0.139. The zero-order valence-corrected chi connectivity index (χ0v) is 16.0. The van der Waals surface area contributed by atoms with E-state index in [-0.39, 0.29) is 21.9 Å². The average Bonchev–Trinajstić information content (AvgIpc) is 2.64. The predicted octanol–water partition coefficient (Wildman–Crippen LogP) is 3.11. The van der Waals surface area contributed by atoms with E-state index in [4.69, 9.17) is 4.74 Å². The van der Waals surface area contributed by atoms with Gasteiger partial charge in [0.15, 0.2) is 15.9 Å². The third-order valence-electron chi connectivity index (χ3n) is 3.91. The van der Waals surface area contributed by atoms with Gasteiger partial charge in [-0.2, -0.15) is 0 Å². The number of amides is 1. The van der Waals surface area contributed by atoms with Gasteiger partial charge in [0.25, 0.3) is 5.91 Å². The predicted molar refractivity (Wildman–Crippen MR) is 98.8 cm³/mol. The summed E-state index contributed by atoms with van der Waals surface area (Å²) in [5.74, 6) is -2.24. The van der Waals surface area contributed by atoms with Crippen molar-refractivity contribution in [1.82, 2.24) is 0 Å². The first-order valence-electron chi connectivity index (χ1n) is 8.25. The second kappa shape index (κ2) is 8.30. The summed E-state index contributed by atoms with van der Waals surface area (Å²) in [6.07, 6.45) is -1.21. The van der Waals surface area contributed by atoms with Crippen molar-refractivity contribution in [3.05, 3.63) is 59.4 Å². The lowest BCUT2D eigenvalue weighted by molar-refractivity contribution is -0.123. The first kappa shape index (κ1) is 20.6. The number of rotatable bonds is 6. The molecule has 0 unspecified atom stereocenters. The molecule has 0 radical (unpaired) electrons. The van der Waals surface area contributed by atoms with Gasteiger partial charge in [-0.25, -0.2) is 17.6 Å². The van der Waals surface area contributed by atoms with Crippen LogP contribution in [0, 0.1) is 12.7 Å². The zero-order valence-electron chi connectivity index (χ0n) is 15.2. The van der Waals surface area contributed by atoms with Crippen molar-refractivity contribution in [2.24, 2.45) is 0 Å². The summed E-state index contributed by atoms with van der Waals surface area (Å²) < 4.78 is 42.9. The van der Waals surface area contributed by atoms with E-state index in [1.54, 1.807) is 6.92 Å². The molecule has 0 fully saturated rings. The lowest BCUT2D eigenvalue weighted by atomic mass is 10.2. The normalized spacial score (nSPS) is 12.3. The molecule has 27 heavy (non-hydrogen) atoms. The van der Waals surface area contributed by atoms with Gasteiger partial charge in [-0.3, -0.25) is 4.79 Å². The van der Waals surface area contributed by atoms with Crippen molar-refractivity contribution in [3.63, 3.8) is 0 Å². The Morgan fingerprint density at radius 2 is 1.85 bits per heavy atom. The summed E-state index contributed by atoms with van der Waals surface area (Å²) in [5, 5.41) is 2.45. The van der Waals surface area contributed by atoms with E-state index in [2.05, 4.69) is 5.32 Å². The summed E-state index contributed by atoms with van der Waals surface area (Å²) >= 11 is 0. The van der Waals surface area contributed by atoms with E-state index in [0.717, 1.165) is 6.07 Å². The van der Waals surface area contributed by atoms with Crippen LogP contribution < -0.4 is 5.32 Å². The number of hydrogen-bond acceptors (Lipinski definition) is 5. The van der Waals surface area contributed by atoms with Crippen LogP contribution in [0.3, 0.4) is 0 Å². The van der Waals surface area contributed by atoms with Gasteiger partial charge in [0.05, 0.1) is 16.2 Å². The molecule has 0 bridgehead atoms. The van der Waals surface area contributed by atoms with E-state index in [9.17, 15) is 22.4 Å². The number of carbonyl (C=O) groups excluding carboxylic acids is 2. The fourth-order valence-corrected chi connectivity index (χ4v) is 3.34. The van der Waals surface area contributed by atoms with Crippen molar-refractivity contribution in [3.8, 4) is 0 Å². The molecule has 0 saturated carbocycles. The second-order valence-corrected chi connectivity index (χ2v) is 8.15. The summed E-state index contributed by atoms with van der Waals surface area (Å²) in [4.78, 5) is 24.4. The number of halogens is 1. The highest BCUT2D eigenvalue weighted by molar-refractivity contribution is 7.91. The highest BCUT2D eigenvalue weighted by Crippen LogP contribution is 2.19. The van der Waals surface area contributed by atoms with Crippen LogP contribution in [0.2, 0.25) is 0 Å². The molecule has 2 aromatic rings. The summed E-state index contributed by atoms with van der Waals surface area (Å²) in [5.41, 5.74) is 0.515. The average molecular weight is 393 g/mol. The molecule has 0 aliphatic carbocycles. The van der Waals surface area contributed by atoms with Crippen molar-refractivity contribution >= 4 is 27.4 Å². The Balaban J connectivity index is 2.14. The summed E-state index contributed by atoms with van der Waals surface area (Å²) in [7, 11) is -3.63. The first-order chi connectivity index (χ1) is 12.7. The molecule has 0 saturated heterocycles. The van der Waals surface area contributed by atoms with Crippen molar-refractivity contribution in [2.45, 2.75) is 31.8 Å². The maximum Gasteiger partial charge on any atom is 0.340 e. The highest BCUT2D eigenvalue weighted by Gasteiger charge is 2.25. The Bertz CT molecular complexity index is 972. The van der Waals surface area contributed by atoms with Crippen LogP contribution in [0.15, 0.2) is 47.4 Å². The summed E-state index contributed by atoms with van der Waals surface area (Å²) in [6.45, 7) is 4.40. The van der Waals surface area contributed by atoms with Crippen LogP contribution in [0.25, 0.3) is 0 Å². The minimum atomic E-state index is -3.63. The van der Waals surface area contributed by atoms with Gasteiger partial charge < -0.3 is 10.1 Å². The van der Waals surface area contributed by atoms with E-state index >= 15 is 0 Å². The lowest BCUT2D eigenvalue weighted by Gasteiger charge is -2.15. The molecule has 0 spiro atoms. The topological polar surface area (TPSA) is 89.5 Å². The van der Waals surface area contributed by atoms with Crippen molar-refractivity contribution in [2.75, 3.05) is 11.1 Å². The largest absolute Gasteiger partial charge is 0.449 e. The van der Waals surface area contributed by atoms with Gasteiger partial charge in [-0.05, 0) is 43.7 Å². The Labute approximate surface area is 157 Å². The maximum absolute atomic E-state index is 13.6. The van der Waals surface area contributed by atoms with Gasteiger partial charge >= 0.3 is 5.97 Å². The number of anilines is 1. The Kier molecular flexibility index (Phi) is 6.32. The third kappa shape index (κ3) is 4.91. The molecule has 1 amide bonds. The molecule has 1 N–H and O–H groups in total. The Morgan fingerprint density at radius 3 is 2.48 bits per heavy atom. The maximum atomic E-state index is 13.6. The van der Waals surface area contributed by atoms with Crippen LogP contribution in [0.4, 0.5) is 10.1 Å². The van der Waals surface area contributed by atoms with E-state index < -0.39 is 33.6 Å². The van der Waals surface area contributed by atoms with Crippen LogP contribution in [0.5, 0.6) is 0 Å². The zero-order chi connectivity index (χ0) is 20.2. The number of aryl methyl sites for hydroxylation is 1. The van der Waals surface area contributed by atoms with Gasteiger partial charge in [-0.15, -0.1) is 0 Å². The minimum Gasteiger partial charge on any atom is -0.449 e. The van der Waals surface area contributed by atoms with Crippen LogP contribution in [-0.2, 0) is 19.4 Å². The fourth-order valence-electron chi connectivity index (χ4n) is 2.25. The van der Waals surface area contributed by atoms with Crippen LogP contribution in [-0.4, -0.2) is 32.2 Å². The molecule has 6 nitrogen and oxygen atoms in total. The number of sulfone groups is 1. The molecule has 8 heteroatoms. The number of esters is 1. The first-order valence-corrected chi connectivity index (χ1v) is 9.90. The van der Waals surface area contributed by atoms with Crippen LogP contribution >= 0.6 is 0 Å². The number of carbonyl (C=O) groups is 2. The molecule has 0 aliphatic rings. The SMILES string of the molecule is CCS(=O)(=O)c1ccccc1C(=O)O[C@H](C)C(=O)Nc1ccc(C)c(F)c1. The van der Waals surface area contributed by atoms with Gasteiger partial charge in [-0.1, -0.05) is 25.1 Å². The fraction of sp³-hybridized carbons (Fsp3) is 0.263. The van der Waals surface area contributed by atoms with Crippen molar-refractivity contribution < 1.29 is 27.1 Å². The molecule has 2 aromatic carbocycles. The number of hydrogen-bond donors (Lipinski definition) is 1. The smallest absolute Gasteiger partial charge is 0.340 e. The van der Waals surface area contributed by atoms with E-state index in [0.29, 0.717) is 5.56 Å². The molecule has 2 rings (SSSR count). The standard InChI is InChI=1S/C19H20FNO5S/c1-4-27(24,25)17-8-6-5-7-15(17)19(23)26-13(3)18(22)21-14-10-9-12(2)16(20)11-14/h5-11,13H,4H2,1-3H3,(H,21,22)/t13-/m1/s1. The molecule has 0 aromatic heterocycles. The lowest BCUT2D eigenvalue weighted by Crippen LogP contribution is -2.30. The Morgan fingerprint density at radius 1 is 1.19 bits per heavy atom. The number of benzene rings is 2. The third-order valence-corrected chi connectivity index (χ3v) is 5.70. The summed E-state index contributed by atoms with van der Waals surface area (Å²) in [6, 6.07) is 9.83. The molecule has 1 atom stereocenters. The number of nitrogens with one attached hydrogen (secondary N) is 1. The van der Waals surface area contributed by atoms with Crippen molar-refractivity contribution in [1.29, 1.82) is 0 Å². The Hall–Kier alpha value is -2.74. The number of ether oxygens (including phenoxy) is 1. The quantitative estimate of drug-likeness (QED) is 0.762. The van der Waals surface area contributed by atoms with Gasteiger partial charge in [0, 0.05) is 5.69 Å². The monoisotopic (exact) mass is 393 g/mol. The molecule has 0 aliphatic heterocycles. The van der Waals surface area contributed by atoms with Crippen LogP contribution in [0.1, 0.15) is 29.8 Å². The molecular formula is C19H20FNO5S. The van der Waals surface area contributed by atoms with Gasteiger partial charge in [0.1, 0.15) is 5.82 Å². The second-order valence-electron chi connectivity index (χ2n) is 5.90. The molecular weight excluding hydrogens is 373 g/mol. The molecule has 0 heterocycles. The van der Waals surface area contributed by atoms with Gasteiger partial charge in [0.2, 0.25) is 0 Å². The van der Waals surface area contributed by atoms with E-state index in [1.165, 1.54) is 50.2 Å². The van der Waals surface area contributed by atoms with E-state index in [1.807, 2.05) is 0 Å². The molecule has 144 valence electrons.